The highest BCUT2D eigenvalue weighted by atomic mass is 32.2. The van der Waals surface area contributed by atoms with Gasteiger partial charge in [0.25, 0.3) is 0 Å². The van der Waals surface area contributed by atoms with Gasteiger partial charge in [0.1, 0.15) is 12.0 Å². The SMILES string of the molecule is C.COC(=O)C1(CO)CCCCC1.COC(=O)C1(COSC(F)(F)F)CCCCC1.O=O. The summed E-state index contributed by atoms with van der Waals surface area (Å²) in [7, 11) is 2.63. The molecule has 0 aromatic carbocycles. The van der Waals surface area contributed by atoms with Gasteiger partial charge in [-0.3, -0.25) is 9.59 Å². The number of methoxy groups -OCH3 is 2. The van der Waals surface area contributed by atoms with Crippen LogP contribution >= 0.6 is 12.0 Å². The molecule has 0 saturated heterocycles. The largest absolute Gasteiger partial charge is 0.469 e. The fourth-order valence-electron chi connectivity index (χ4n) is 3.93. The Morgan fingerprint density at radius 1 is 0.844 bits per heavy atom. The van der Waals surface area contributed by atoms with E-state index in [-0.39, 0.29) is 26.6 Å². The molecule has 2 rings (SSSR count). The van der Waals surface area contributed by atoms with Crippen LogP contribution in [0.15, 0.2) is 0 Å². The van der Waals surface area contributed by atoms with Crippen molar-refractivity contribution in [1.29, 1.82) is 0 Å². The monoisotopic (exact) mass is 492 g/mol. The van der Waals surface area contributed by atoms with Crippen LogP contribution in [0.3, 0.4) is 0 Å². The fourth-order valence-corrected chi connectivity index (χ4v) is 4.35. The maximum absolute atomic E-state index is 11.9. The molecule has 0 aromatic rings. The molecule has 2 saturated carbocycles. The van der Waals surface area contributed by atoms with E-state index in [1.54, 1.807) is 0 Å². The summed E-state index contributed by atoms with van der Waals surface area (Å²) < 4.78 is 49.7. The lowest BCUT2D eigenvalue weighted by atomic mass is 9.75. The molecule has 0 unspecified atom stereocenters. The molecule has 0 radical (unpaired) electrons. The number of aliphatic hydroxyl groups is 1. The molecule has 2 aliphatic carbocycles. The molecule has 0 atom stereocenters. The van der Waals surface area contributed by atoms with Crippen molar-refractivity contribution >= 4 is 24.0 Å². The van der Waals surface area contributed by atoms with Crippen LogP contribution in [0.25, 0.3) is 0 Å². The summed E-state index contributed by atoms with van der Waals surface area (Å²) in [6.45, 7) is -0.316. The third kappa shape index (κ3) is 10.5. The number of hydrogen-bond acceptors (Lipinski definition) is 9. The summed E-state index contributed by atoms with van der Waals surface area (Å²) in [6.07, 6.45) is 8.43. The van der Waals surface area contributed by atoms with E-state index in [2.05, 4.69) is 13.7 Å². The first kappa shape index (κ1) is 32.8. The molecule has 2 aliphatic rings. The number of hydrogen-bond donors (Lipinski definition) is 1. The normalized spacial score (nSPS) is 18.9. The lowest BCUT2D eigenvalue weighted by molar-refractivity contribution is -0.158. The molecule has 0 spiro atoms. The fraction of sp³-hybridized carbons (Fsp3) is 0.900. The van der Waals surface area contributed by atoms with Crippen molar-refractivity contribution in [2.45, 2.75) is 77.1 Å². The zero-order valence-corrected chi connectivity index (χ0v) is 18.6. The quantitative estimate of drug-likeness (QED) is 0.399. The van der Waals surface area contributed by atoms with Gasteiger partial charge in [-0.25, -0.2) is 0 Å². The average Bonchev–Trinajstić information content (AvgIpc) is 2.79. The third-order valence-electron chi connectivity index (χ3n) is 5.65. The Balaban J connectivity index is 0. The summed E-state index contributed by atoms with van der Waals surface area (Å²) >= 11 is -0.554. The van der Waals surface area contributed by atoms with Crippen LogP contribution in [0, 0.1) is 20.8 Å². The molecule has 190 valence electrons. The molecule has 12 heteroatoms. The van der Waals surface area contributed by atoms with Gasteiger partial charge in [-0.1, -0.05) is 46.0 Å². The van der Waals surface area contributed by atoms with Crippen molar-refractivity contribution in [3.8, 4) is 0 Å². The van der Waals surface area contributed by atoms with E-state index in [9.17, 15) is 22.8 Å². The van der Waals surface area contributed by atoms with Gasteiger partial charge in [0.05, 0.1) is 38.3 Å². The van der Waals surface area contributed by atoms with E-state index in [1.165, 1.54) is 20.6 Å². The molecule has 32 heavy (non-hydrogen) atoms. The summed E-state index contributed by atoms with van der Waals surface area (Å²) in [6, 6.07) is 0. The van der Waals surface area contributed by atoms with Gasteiger partial charge < -0.3 is 18.8 Å². The summed E-state index contributed by atoms with van der Waals surface area (Å²) in [5.41, 5.74) is -5.91. The number of carbonyl (C=O) groups excluding carboxylic acids is 2. The van der Waals surface area contributed by atoms with Gasteiger partial charge in [0, 0.05) is 9.93 Å². The van der Waals surface area contributed by atoms with Crippen LogP contribution in [0.2, 0.25) is 0 Å². The molecule has 0 heterocycles. The first-order valence-corrected chi connectivity index (χ1v) is 10.7. The lowest BCUT2D eigenvalue weighted by Crippen LogP contribution is -2.38. The van der Waals surface area contributed by atoms with E-state index in [0.29, 0.717) is 12.8 Å². The lowest BCUT2D eigenvalue weighted by Gasteiger charge is -2.33. The van der Waals surface area contributed by atoms with Crippen LogP contribution in [-0.4, -0.2) is 50.0 Å². The minimum Gasteiger partial charge on any atom is -0.469 e. The standard InChI is InChI=1S/C10H15F3O3S.C9H16O3.CH4.O2/c1-15-8(14)9(5-3-2-4-6-9)7-16-17-10(11,12)13;1-12-8(11)9(7-10)5-3-2-4-6-9;;1-2/h2-7H2,1H3;10H,2-7H2,1H3;1H4;. The smallest absolute Gasteiger partial charge is 0.467 e. The van der Waals surface area contributed by atoms with Crippen LogP contribution in [-0.2, 0) is 23.2 Å². The minimum atomic E-state index is -4.44. The Morgan fingerprint density at radius 2 is 1.22 bits per heavy atom. The third-order valence-corrected chi connectivity index (χ3v) is 6.07. The van der Waals surface area contributed by atoms with Crippen LogP contribution in [0.4, 0.5) is 13.2 Å². The predicted octanol–water partition coefficient (Wildman–Crippen LogP) is 5.10. The Bertz CT molecular complexity index is 533. The number of halogens is 3. The molecular formula is C20H35F3O8S. The Hall–Kier alpha value is -1.40. The Morgan fingerprint density at radius 3 is 1.56 bits per heavy atom. The molecule has 0 aliphatic heterocycles. The maximum atomic E-state index is 11.9. The molecule has 0 amide bonds. The van der Waals surface area contributed by atoms with Crippen molar-refractivity contribution in [2.75, 3.05) is 27.4 Å². The van der Waals surface area contributed by atoms with Crippen molar-refractivity contribution in [2.24, 2.45) is 10.8 Å². The van der Waals surface area contributed by atoms with E-state index in [0.717, 1.165) is 44.9 Å². The van der Waals surface area contributed by atoms with E-state index in [4.69, 9.17) is 15.0 Å². The number of aliphatic hydroxyl groups excluding tert-OH is 1. The summed E-state index contributed by atoms with van der Waals surface area (Å²) in [5, 5.41) is 9.14. The van der Waals surface area contributed by atoms with Crippen LogP contribution < -0.4 is 0 Å². The zero-order valence-electron chi connectivity index (χ0n) is 17.8. The highest BCUT2D eigenvalue weighted by Gasteiger charge is 2.43. The molecule has 0 bridgehead atoms. The Labute approximate surface area is 191 Å². The van der Waals surface area contributed by atoms with Gasteiger partial charge in [0.15, 0.2) is 0 Å². The van der Waals surface area contributed by atoms with Gasteiger partial charge in [-0.05, 0) is 25.7 Å². The van der Waals surface area contributed by atoms with Gasteiger partial charge in [0.2, 0.25) is 0 Å². The second kappa shape index (κ2) is 16.2. The molecule has 1 N–H and O–H groups in total. The number of rotatable bonds is 6. The van der Waals surface area contributed by atoms with Gasteiger partial charge in [-0.15, -0.1) is 0 Å². The van der Waals surface area contributed by atoms with E-state index in [1.807, 2.05) is 0 Å². The molecule has 2 fully saturated rings. The number of esters is 2. The minimum absolute atomic E-state index is 0. The van der Waals surface area contributed by atoms with Gasteiger partial charge >= 0.3 is 17.4 Å². The molecular weight excluding hydrogens is 457 g/mol. The molecule has 0 aromatic heterocycles. The number of alkyl halides is 3. The average molecular weight is 493 g/mol. The maximum Gasteiger partial charge on any atom is 0.467 e. The van der Waals surface area contributed by atoms with Crippen molar-refractivity contribution in [3.05, 3.63) is 9.93 Å². The second-order valence-corrected chi connectivity index (χ2v) is 8.48. The highest BCUT2D eigenvalue weighted by Crippen LogP contribution is 2.40. The second-order valence-electron chi connectivity index (χ2n) is 7.61. The highest BCUT2D eigenvalue weighted by molar-refractivity contribution is 7.95. The number of ether oxygens (including phenoxy) is 2. The predicted molar refractivity (Wildman–Crippen MR) is 115 cm³/mol. The van der Waals surface area contributed by atoms with Crippen molar-refractivity contribution in [1.82, 2.24) is 0 Å². The van der Waals surface area contributed by atoms with Crippen molar-refractivity contribution in [3.63, 3.8) is 0 Å². The zero-order chi connectivity index (χ0) is 24.0. The van der Waals surface area contributed by atoms with Crippen LogP contribution in [0.5, 0.6) is 0 Å². The summed E-state index contributed by atoms with van der Waals surface area (Å²) in [5.74, 6) is -0.718. The van der Waals surface area contributed by atoms with E-state index >= 15 is 0 Å². The number of carbonyl (C=O) groups is 2. The Kier molecular flexibility index (Phi) is 16.6. The van der Waals surface area contributed by atoms with Crippen LogP contribution in [0.1, 0.15) is 71.6 Å². The topological polar surface area (TPSA) is 116 Å². The first-order valence-electron chi connectivity index (χ1n) is 9.96. The van der Waals surface area contributed by atoms with Crippen molar-refractivity contribution < 1.29 is 41.5 Å². The van der Waals surface area contributed by atoms with Gasteiger partial charge in [-0.2, -0.15) is 13.2 Å². The summed E-state index contributed by atoms with van der Waals surface area (Å²) in [4.78, 5) is 37.0. The molecule has 8 nitrogen and oxygen atoms in total. The first-order chi connectivity index (χ1) is 14.6. The van der Waals surface area contributed by atoms with E-state index < -0.39 is 34.4 Å².